The van der Waals surface area contributed by atoms with Gasteiger partial charge >= 0.3 is 0 Å². The van der Waals surface area contributed by atoms with E-state index in [1.54, 1.807) is 6.20 Å². The Morgan fingerprint density at radius 3 is 2.67 bits per heavy atom. The first kappa shape index (κ1) is 10.1. The van der Waals surface area contributed by atoms with Gasteiger partial charge in [-0.2, -0.15) is 5.26 Å². The van der Waals surface area contributed by atoms with Crippen LogP contribution in [0.3, 0.4) is 0 Å². The maximum atomic E-state index is 9.20. The molecule has 0 unspecified atom stereocenters. The maximum Gasteiger partial charge on any atom is 0.140 e. The van der Waals surface area contributed by atoms with E-state index in [2.05, 4.69) is 16.0 Å². The lowest BCUT2D eigenvalue weighted by molar-refractivity contribution is 0.193. The fourth-order valence-corrected chi connectivity index (χ4v) is 2.05. The third-order valence-electron chi connectivity index (χ3n) is 2.85. The van der Waals surface area contributed by atoms with Gasteiger partial charge in [0.1, 0.15) is 6.04 Å². The first-order valence-electron chi connectivity index (χ1n) is 5.46. The summed E-state index contributed by atoms with van der Waals surface area (Å²) < 4.78 is 0. The Morgan fingerprint density at radius 1 is 1.27 bits per heavy atom. The van der Waals surface area contributed by atoms with Crippen LogP contribution in [0.25, 0.3) is 0 Å². The molecule has 3 heteroatoms. The van der Waals surface area contributed by atoms with Gasteiger partial charge in [-0.05, 0) is 38.1 Å². The van der Waals surface area contributed by atoms with Crippen molar-refractivity contribution in [2.75, 3.05) is 13.1 Å². The minimum atomic E-state index is -0.161. The summed E-state index contributed by atoms with van der Waals surface area (Å²) in [6.07, 6.45) is 5.44. The lowest BCUT2D eigenvalue weighted by Crippen LogP contribution is -2.33. The molecule has 2 heterocycles. The number of rotatable bonds is 2. The number of nitriles is 1. The maximum absolute atomic E-state index is 9.20. The highest BCUT2D eigenvalue weighted by molar-refractivity contribution is 5.16. The summed E-state index contributed by atoms with van der Waals surface area (Å²) in [5.41, 5.74) is 0.877. The van der Waals surface area contributed by atoms with Crippen molar-refractivity contribution in [2.24, 2.45) is 0 Å². The first-order valence-corrected chi connectivity index (χ1v) is 5.46. The average Bonchev–Trinajstić information content (AvgIpc) is 2.33. The lowest BCUT2D eigenvalue weighted by atomic mass is 10.1. The third kappa shape index (κ3) is 2.34. The van der Waals surface area contributed by atoms with E-state index in [9.17, 15) is 5.26 Å². The molecule has 1 aromatic rings. The number of piperidine rings is 1. The molecule has 3 nitrogen and oxygen atoms in total. The minimum Gasteiger partial charge on any atom is -0.283 e. The second kappa shape index (κ2) is 4.90. The molecule has 1 aliphatic rings. The fraction of sp³-hybridized carbons (Fsp3) is 0.500. The first-order chi connectivity index (χ1) is 7.42. The van der Waals surface area contributed by atoms with Gasteiger partial charge in [-0.25, -0.2) is 0 Å². The van der Waals surface area contributed by atoms with Gasteiger partial charge in [-0.1, -0.05) is 12.5 Å². The van der Waals surface area contributed by atoms with Crippen LogP contribution in [0.5, 0.6) is 0 Å². The van der Waals surface area contributed by atoms with Crippen LogP contribution < -0.4 is 0 Å². The van der Waals surface area contributed by atoms with E-state index >= 15 is 0 Å². The molecular weight excluding hydrogens is 186 g/mol. The standard InChI is InChI=1S/C12H15N3/c13-10-12(11-6-2-3-7-14-11)15-8-4-1-5-9-15/h2-3,6-7,12H,1,4-5,8-9H2/t12-/m1/s1. The predicted molar refractivity (Wildman–Crippen MR) is 58.0 cm³/mol. The number of nitrogens with zero attached hydrogens (tertiary/aromatic N) is 3. The summed E-state index contributed by atoms with van der Waals surface area (Å²) in [4.78, 5) is 6.49. The molecule has 2 rings (SSSR count). The summed E-state index contributed by atoms with van der Waals surface area (Å²) in [5, 5.41) is 9.20. The molecular formula is C12H15N3. The van der Waals surface area contributed by atoms with E-state index in [-0.39, 0.29) is 6.04 Å². The second-order valence-corrected chi connectivity index (χ2v) is 3.88. The van der Waals surface area contributed by atoms with Crippen LogP contribution in [0.1, 0.15) is 31.0 Å². The number of hydrogen-bond donors (Lipinski definition) is 0. The van der Waals surface area contributed by atoms with Crippen molar-refractivity contribution in [1.29, 1.82) is 5.26 Å². The van der Waals surface area contributed by atoms with E-state index in [1.807, 2.05) is 18.2 Å². The topological polar surface area (TPSA) is 39.9 Å². The summed E-state index contributed by atoms with van der Waals surface area (Å²) in [7, 11) is 0. The molecule has 15 heavy (non-hydrogen) atoms. The van der Waals surface area contributed by atoms with Gasteiger partial charge in [0, 0.05) is 6.20 Å². The van der Waals surface area contributed by atoms with Crippen LogP contribution in [0.2, 0.25) is 0 Å². The summed E-state index contributed by atoms with van der Waals surface area (Å²) in [5.74, 6) is 0. The van der Waals surface area contributed by atoms with Crippen molar-refractivity contribution in [3.05, 3.63) is 30.1 Å². The molecule has 1 aromatic heterocycles. The Labute approximate surface area is 90.4 Å². The predicted octanol–water partition coefficient (Wildman–Crippen LogP) is 2.13. The van der Waals surface area contributed by atoms with Crippen LogP contribution in [0.4, 0.5) is 0 Å². The fourth-order valence-electron chi connectivity index (χ4n) is 2.05. The Balaban J connectivity index is 2.14. The van der Waals surface area contributed by atoms with Crippen molar-refractivity contribution in [2.45, 2.75) is 25.3 Å². The van der Waals surface area contributed by atoms with E-state index in [0.29, 0.717) is 0 Å². The molecule has 1 saturated heterocycles. The zero-order chi connectivity index (χ0) is 10.5. The normalized spacial score (nSPS) is 19.4. The molecule has 78 valence electrons. The van der Waals surface area contributed by atoms with E-state index in [0.717, 1.165) is 18.8 Å². The summed E-state index contributed by atoms with van der Waals surface area (Å²) >= 11 is 0. The zero-order valence-corrected chi connectivity index (χ0v) is 8.76. The average molecular weight is 201 g/mol. The van der Waals surface area contributed by atoms with Crippen LogP contribution in [0, 0.1) is 11.3 Å². The molecule has 0 N–H and O–H groups in total. The van der Waals surface area contributed by atoms with Crippen LogP contribution in [-0.4, -0.2) is 23.0 Å². The van der Waals surface area contributed by atoms with Gasteiger partial charge in [0.2, 0.25) is 0 Å². The molecule has 1 aliphatic heterocycles. The Morgan fingerprint density at radius 2 is 2.07 bits per heavy atom. The van der Waals surface area contributed by atoms with Gasteiger partial charge in [0.15, 0.2) is 0 Å². The number of pyridine rings is 1. The molecule has 1 atom stereocenters. The van der Waals surface area contributed by atoms with Gasteiger partial charge in [0.25, 0.3) is 0 Å². The van der Waals surface area contributed by atoms with Gasteiger partial charge in [-0.3, -0.25) is 9.88 Å². The van der Waals surface area contributed by atoms with Crippen molar-refractivity contribution in [3.63, 3.8) is 0 Å². The largest absolute Gasteiger partial charge is 0.283 e. The van der Waals surface area contributed by atoms with Crippen LogP contribution in [0.15, 0.2) is 24.4 Å². The van der Waals surface area contributed by atoms with Gasteiger partial charge < -0.3 is 0 Å². The molecule has 0 amide bonds. The summed E-state index contributed by atoms with van der Waals surface area (Å²) in [6, 6.07) is 7.95. The van der Waals surface area contributed by atoms with Crippen molar-refractivity contribution in [1.82, 2.24) is 9.88 Å². The molecule has 0 aromatic carbocycles. The van der Waals surface area contributed by atoms with E-state index in [4.69, 9.17) is 0 Å². The van der Waals surface area contributed by atoms with Crippen LogP contribution in [-0.2, 0) is 0 Å². The Kier molecular flexibility index (Phi) is 3.31. The molecule has 0 saturated carbocycles. The highest BCUT2D eigenvalue weighted by atomic mass is 15.2. The smallest absolute Gasteiger partial charge is 0.140 e. The molecule has 0 spiro atoms. The highest BCUT2D eigenvalue weighted by Crippen LogP contribution is 2.21. The summed E-state index contributed by atoms with van der Waals surface area (Å²) in [6.45, 7) is 2.05. The highest BCUT2D eigenvalue weighted by Gasteiger charge is 2.22. The van der Waals surface area contributed by atoms with Crippen molar-refractivity contribution < 1.29 is 0 Å². The third-order valence-corrected chi connectivity index (χ3v) is 2.85. The van der Waals surface area contributed by atoms with Crippen molar-refractivity contribution >= 4 is 0 Å². The van der Waals surface area contributed by atoms with Crippen LogP contribution >= 0.6 is 0 Å². The SMILES string of the molecule is N#C[C@H](c1ccccn1)N1CCCCC1. The minimum absolute atomic E-state index is 0.161. The number of hydrogen-bond acceptors (Lipinski definition) is 3. The Hall–Kier alpha value is -1.40. The monoisotopic (exact) mass is 201 g/mol. The molecule has 1 fully saturated rings. The number of aromatic nitrogens is 1. The van der Waals surface area contributed by atoms with Gasteiger partial charge in [-0.15, -0.1) is 0 Å². The molecule has 0 radical (unpaired) electrons. The molecule has 0 aliphatic carbocycles. The molecule has 0 bridgehead atoms. The lowest BCUT2D eigenvalue weighted by Gasteiger charge is -2.29. The van der Waals surface area contributed by atoms with E-state index in [1.165, 1.54) is 19.3 Å². The Bertz CT molecular complexity index is 336. The van der Waals surface area contributed by atoms with Gasteiger partial charge in [0.05, 0.1) is 11.8 Å². The quantitative estimate of drug-likeness (QED) is 0.736. The van der Waals surface area contributed by atoms with Crippen molar-refractivity contribution in [3.8, 4) is 6.07 Å². The second-order valence-electron chi connectivity index (χ2n) is 3.88. The zero-order valence-electron chi connectivity index (χ0n) is 8.76. The van der Waals surface area contributed by atoms with E-state index < -0.39 is 0 Å². The number of likely N-dealkylation sites (tertiary alicyclic amines) is 1.